The first-order chi connectivity index (χ1) is 28.2. The molecule has 1 aliphatic heterocycles. The van der Waals surface area contributed by atoms with Crippen LogP contribution in [0.4, 0.5) is 0 Å². The summed E-state index contributed by atoms with van der Waals surface area (Å²) in [5, 5.41) is 10.1. The molecule has 0 amide bonds. The lowest BCUT2D eigenvalue weighted by Crippen LogP contribution is -2.36. The molecule has 0 spiro atoms. The van der Waals surface area contributed by atoms with Gasteiger partial charge in [0.05, 0.1) is 6.04 Å². The summed E-state index contributed by atoms with van der Waals surface area (Å²) in [6.07, 6.45) is 5.33. The molecule has 12 rings (SSSR count). The molecule has 2 unspecified atom stereocenters. The van der Waals surface area contributed by atoms with E-state index in [2.05, 4.69) is 174 Å². The van der Waals surface area contributed by atoms with Crippen LogP contribution < -0.4 is 5.32 Å². The van der Waals surface area contributed by atoms with Crippen molar-refractivity contribution in [1.29, 1.82) is 0 Å². The van der Waals surface area contributed by atoms with E-state index in [9.17, 15) is 0 Å². The lowest BCUT2D eigenvalue weighted by molar-refractivity contribution is 0.632. The first-order valence-corrected chi connectivity index (χ1v) is 21.1. The van der Waals surface area contributed by atoms with Crippen molar-refractivity contribution < 1.29 is 0 Å². The van der Waals surface area contributed by atoms with E-state index in [1.165, 1.54) is 73.6 Å². The largest absolute Gasteiger partial charge is 0.332 e. The summed E-state index contributed by atoms with van der Waals surface area (Å²) in [5.41, 5.74) is 9.66. The number of benzene rings is 7. The smallest absolute Gasteiger partial charge is 0.169 e. The highest BCUT2D eigenvalue weighted by atomic mass is 32.1. The van der Waals surface area contributed by atoms with Crippen LogP contribution >= 0.6 is 22.7 Å². The fourth-order valence-corrected chi connectivity index (χ4v) is 11.3. The molecule has 0 saturated carbocycles. The molecule has 10 aromatic rings. The molecule has 57 heavy (non-hydrogen) atoms. The van der Waals surface area contributed by atoms with Gasteiger partial charge in [0.25, 0.3) is 0 Å². The summed E-state index contributed by atoms with van der Waals surface area (Å²) in [5.74, 6) is 1.65. The Balaban J connectivity index is 1.00. The molecular formula is C51H34N4S2. The van der Waals surface area contributed by atoms with Gasteiger partial charge in [0.1, 0.15) is 11.7 Å². The second-order valence-corrected chi connectivity index (χ2v) is 17.0. The number of hydrogen-bond donors (Lipinski definition) is 1. The predicted molar refractivity (Wildman–Crippen MR) is 243 cm³/mol. The van der Waals surface area contributed by atoms with Gasteiger partial charge < -0.3 is 9.88 Å². The maximum Gasteiger partial charge on any atom is 0.169 e. The number of allylic oxidation sites excluding steroid dienone is 1. The Labute approximate surface area is 337 Å². The Hall–Kier alpha value is -6.60. The molecule has 6 heteroatoms. The quantitative estimate of drug-likeness (QED) is 0.186. The maximum atomic E-state index is 5.20. The summed E-state index contributed by atoms with van der Waals surface area (Å²) < 4.78 is 6.47. The summed E-state index contributed by atoms with van der Waals surface area (Å²) in [6.45, 7) is 0. The molecule has 2 atom stereocenters. The van der Waals surface area contributed by atoms with E-state index in [4.69, 9.17) is 9.98 Å². The Morgan fingerprint density at radius 2 is 1.18 bits per heavy atom. The van der Waals surface area contributed by atoms with Gasteiger partial charge in [-0.1, -0.05) is 121 Å². The second kappa shape index (κ2) is 13.0. The average molecular weight is 767 g/mol. The van der Waals surface area contributed by atoms with Crippen LogP contribution in [0.15, 0.2) is 180 Å². The second-order valence-electron chi connectivity index (χ2n) is 14.9. The number of aliphatic imine (C=N–C) groups is 2. The number of hydrogen-bond acceptors (Lipinski definition) is 5. The van der Waals surface area contributed by atoms with Gasteiger partial charge in [-0.25, -0.2) is 9.98 Å². The zero-order valence-electron chi connectivity index (χ0n) is 30.8. The van der Waals surface area contributed by atoms with E-state index >= 15 is 0 Å². The number of thiophene rings is 2. The molecule has 270 valence electrons. The van der Waals surface area contributed by atoms with E-state index in [-0.39, 0.29) is 12.2 Å². The lowest BCUT2D eigenvalue weighted by atomic mass is 9.92. The molecule has 4 nitrogen and oxygen atoms in total. The molecule has 0 fully saturated rings. The van der Waals surface area contributed by atoms with Crippen LogP contribution in [-0.4, -0.2) is 16.2 Å². The standard InChI is InChI=1S/C51H34N4S2/c1-3-13-31(14-4-1)49-52-50(32-15-5-2-6-16-32)54-51(53-49)34-26-28-43-38(30-34)47-35(19-11-23-45(47)56-43)33-25-27-44-39(29-33)48-42(22-12-24-46(48)57-44)55-40-20-9-7-17-36(40)37-18-8-10-21-41(37)55/h1-21,23-30,42,49H,22H2,(H,52,53,54). The van der Waals surface area contributed by atoms with Crippen LogP contribution in [0, 0.1) is 0 Å². The number of nitrogens with one attached hydrogen (secondary N) is 1. The van der Waals surface area contributed by atoms with Crippen molar-refractivity contribution in [3.05, 3.63) is 197 Å². The first-order valence-electron chi connectivity index (χ1n) is 19.4. The minimum absolute atomic E-state index is 0.201. The topological polar surface area (TPSA) is 41.7 Å². The highest BCUT2D eigenvalue weighted by Gasteiger charge is 2.27. The van der Waals surface area contributed by atoms with Crippen LogP contribution in [-0.2, 0) is 0 Å². The van der Waals surface area contributed by atoms with Gasteiger partial charge in [-0.15, -0.1) is 22.7 Å². The monoisotopic (exact) mass is 766 g/mol. The van der Waals surface area contributed by atoms with Crippen LogP contribution in [0.3, 0.4) is 0 Å². The van der Waals surface area contributed by atoms with Gasteiger partial charge >= 0.3 is 0 Å². The molecule has 7 aromatic carbocycles. The van der Waals surface area contributed by atoms with Crippen molar-refractivity contribution in [2.75, 3.05) is 0 Å². The van der Waals surface area contributed by atoms with E-state index in [1.807, 2.05) is 34.8 Å². The minimum atomic E-state index is -0.340. The third-order valence-electron chi connectivity index (χ3n) is 11.6. The van der Waals surface area contributed by atoms with Crippen molar-refractivity contribution in [3.8, 4) is 11.1 Å². The first kappa shape index (κ1) is 32.6. The van der Waals surface area contributed by atoms with Gasteiger partial charge in [-0.3, -0.25) is 0 Å². The van der Waals surface area contributed by atoms with Crippen LogP contribution in [0.1, 0.15) is 45.8 Å². The molecule has 0 saturated heterocycles. The Bertz CT molecular complexity index is 3260. The van der Waals surface area contributed by atoms with Crippen molar-refractivity contribution in [3.63, 3.8) is 0 Å². The number of para-hydroxylation sites is 2. The Morgan fingerprint density at radius 1 is 0.526 bits per heavy atom. The number of fused-ring (bicyclic) bond motifs is 9. The molecular weight excluding hydrogens is 733 g/mol. The Kier molecular flexibility index (Phi) is 7.43. The predicted octanol–water partition coefficient (Wildman–Crippen LogP) is 13.5. The lowest BCUT2D eigenvalue weighted by Gasteiger charge is -2.24. The SMILES string of the molecule is C1=Cc2sc3ccc(-c4cccc5sc6ccc(C7=NC(c8ccccc8)N=C(c8ccccc8)N7)cc6c45)cc3c2C(n2c3ccccc3c3ccccc32)C1. The highest BCUT2D eigenvalue weighted by molar-refractivity contribution is 7.26. The van der Waals surface area contributed by atoms with E-state index < -0.39 is 0 Å². The molecule has 3 aromatic heterocycles. The summed E-state index contributed by atoms with van der Waals surface area (Å²) in [4.78, 5) is 11.6. The molecule has 2 aliphatic rings. The molecule has 4 heterocycles. The van der Waals surface area contributed by atoms with Gasteiger partial charge in [-0.2, -0.15) is 0 Å². The normalized spacial score (nSPS) is 16.6. The van der Waals surface area contributed by atoms with Crippen molar-refractivity contribution >= 4 is 92.5 Å². The van der Waals surface area contributed by atoms with Crippen LogP contribution in [0.2, 0.25) is 0 Å². The molecule has 1 aliphatic carbocycles. The number of aromatic nitrogens is 1. The Morgan fingerprint density at radius 3 is 1.95 bits per heavy atom. The number of nitrogens with zero attached hydrogens (tertiary/aromatic N) is 3. The van der Waals surface area contributed by atoms with Gasteiger partial charge in [0.15, 0.2) is 6.17 Å². The van der Waals surface area contributed by atoms with Gasteiger partial charge in [0, 0.05) is 68.2 Å². The van der Waals surface area contributed by atoms with Crippen molar-refractivity contribution in [2.24, 2.45) is 9.98 Å². The van der Waals surface area contributed by atoms with E-state index in [0.717, 1.165) is 34.8 Å². The zero-order valence-corrected chi connectivity index (χ0v) is 32.4. The number of rotatable bonds is 5. The van der Waals surface area contributed by atoms with Crippen LogP contribution in [0.5, 0.6) is 0 Å². The number of amidine groups is 2. The third-order valence-corrected chi connectivity index (χ3v) is 13.9. The fraction of sp³-hybridized carbons (Fsp3) is 0.0588. The minimum Gasteiger partial charge on any atom is -0.332 e. The fourth-order valence-electron chi connectivity index (χ4n) is 9.04. The van der Waals surface area contributed by atoms with Crippen molar-refractivity contribution in [1.82, 2.24) is 9.88 Å². The average Bonchev–Trinajstić information content (AvgIpc) is 3.96. The van der Waals surface area contributed by atoms with Crippen LogP contribution in [0.25, 0.3) is 69.3 Å². The summed E-state index contributed by atoms with van der Waals surface area (Å²) in [6, 6.07) is 59.4. The third kappa shape index (κ3) is 5.25. The molecule has 0 bridgehead atoms. The molecule has 0 radical (unpaired) electrons. The van der Waals surface area contributed by atoms with Crippen molar-refractivity contribution in [2.45, 2.75) is 18.6 Å². The zero-order chi connectivity index (χ0) is 37.5. The highest BCUT2D eigenvalue weighted by Crippen LogP contribution is 2.47. The van der Waals surface area contributed by atoms with Gasteiger partial charge in [0.2, 0.25) is 0 Å². The maximum absolute atomic E-state index is 5.20. The summed E-state index contributed by atoms with van der Waals surface area (Å²) in [7, 11) is 0. The van der Waals surface area contributed by atoms with Gasteiger partial charge in [-0.05, 0) is 83.1 Å². The summed E-state index contributed by atoms with van der Waals surface area (Å²) >= 11 is 3.77. The van der Waals surface area contributed by atoms with E-state index in [1.54, 1.807) is 0 Å². The molecule has 1 N–H and O–H groups in total. The van der Waals surface area contributed by atoms with E-state index in [0.29, 0.717) is 0 Å².